The van der Waals surface area contributed by atoms with Crippen molar-refractivity contribution in [1.82, 2.24) is 14.7 Å². The highest BCUT2D eigenvalue weighted by Gasteiger charge is 2.50. The summed E-state index contributed by atoms with van der Waals surface area (Å²) in [5.41, 5.74) is 1.66. The van der Waals surface area contributed by atoms with E-state index in [1.165, 1.54) is 12.0 Å². The van der Waals surface area contributed by atoms with Gasteiger partial charge in [0.25, 0.3) is 0 Å². The lowest BCUT2D eigenvalue weighted by atomic mass is 9.69. The fourth-order valence-corrected chi connectivity index (χ4v) is 4.07. The maximum absolute atomic E-state index is 12.3. The van der Waals surface area contributed by atoms with Gasteiger partial charge in [0.1, 0.15) is 0 Å². The molecule has 1 aromatic rings. The van der Waals surface area contributed by atoms with Crippen molar-refractivity contribution in [2.45, 2.75) is 24.3 Å². The van der Waals surface area contributed by atoms with E-state index in [-0.39, 0.29) is 11.4 Å². The number of carbonyl (C=O) groups excluding carboxylic acids is 1. The number of piperidine rings is 1. The van der Waals surface area contributed by atoms with Gasteiger partial charge in [-0.1, -0.05) is 30.3 Å². The van der Waals surface area contributed by atoms with E-state index in [4.69, 9.17) is 0 Å². The van der Waals surface area contributed by atoms with Crippen molar-refractivity contribution in [3.05, 3.63) is 35.9 Å². The van der Waals surface area contributed by atoms with Crippen LogP contribution in [-0.4, -0.2) is 67.5 Å². The first kappa shape index (κ1) is 14.4. The van der Waals surface area contributed by atoms with Crippen LogP contribution >= 0.6 is 0 Å². The Balaban J connectivity index is 1.88. The molecule has 3 rings (SSSR count). The molecule has 2 heterocycles. The maximum atomic E-state index is 12.3. The third-order valence-corrected chi connectivity index (χ3v) is 5.30. The van der Waals surface area contributed by atoms with Crippen LogP contribution in [0.2, 0.25) is 0 Å². The predicted octanol–water partition coefficient (Wildman–Crippen LogP) is 2.02. The van der Waals surface area contributed by atoms with E-state index < -0.39 is 0 Å². The fourth-order valence-electron chi connectivity index (χ4n) is 4.07. The molecule has 2 amide bonds. The van der Waals surface area contributed by atoms with Gasteiger partial charge in [0.2, 0.25) is 0 Å². The molecular formula is C17H25N3O. The van der Waals surface area contributed by atoms with E-state index in [1.54, 1.807) is 4.90 Å². The van der Waals surface area contributed by atoms with Crippen molar-refractivity contribution in [3.63, 3.8) is 0 Å². The van der Waals surface area contributed by atoms with E-state index in [1.807, 2.05) is 19.0 Å². The van der Waals surface area contributed by atoms with Crippen molar-refractivity contribution in [3.8, 4) is 0 Å². The van der Waals surface area contributed by atoms with Crippen molar-refractivity contribution in [1.29, 1.82) is 0 Å². The first-order valence-electron chi connectivity index (χ1n) is 7.76. The minimum atomic E-state index is 0.136. The van der Waals surface area contributed by atoms with Gasteiger partial charge in [-0.2, -0.15) is 0 Å². The lowest BCUT2D eigenvalue weighted by Crippen LogP contribution is -2.57. The van der Waals surface area contributed by atoms with Crippen molar-refractivity contribution >= 4 is 6.03 Å². The Morgan fingerprint density at radius 2 is 1.86 bits per heavy atom. The van der Waals surface area contributed by atoms with Gasteiger partial charge in [-0.05, 0) is 32.0 Å². The second-order valence-corrected chi connectivity index (χ2v) is 6.64. The monoisotopic (exact) mass is 287 g/mol. The summed E-state index contributed by atoms with van der Waals surface area (Å²) in [7, 11) is 5.86. The molecule has 1 aromatic carbocycles. The Kier molecular flexibility index (Phi) is 3.66. The molecule has 0 N–H and O–H groups in total. The summed E-state index contributed by atoms with van der Waals surface area (Å²) in [4.78, 5) is 18.4. The van der Waals surface area contributed by atoms with Crippen molar-refractivity contribution in [2.24, 2.45) is 0 Å². The number of likely N-dealkylation sites (N-methyl/N-ethyl adjacent to an activating group) is 1. The molecule has 0 aliphatic carbocycles. The third-order valence-electron chi connectivity index (χ3n) is 5.30. The van der Waals surface area contributed by atoms with Crippen LogP contribution in [-0.2, 0) is 5.41 Å². The fraction of sp³-hybridized carbons (Fsp3) is 0.588. The molecule has 4 heteroatoms. The van der Waals surface area contributed by atoms with Crippen LogP contribution in [0.4, 0.5) is 4.79 Å². The molecule has 2 aliphatic rings. The summed E-state index contributed by atoms with van der Waals surface area (Å²) in [5.74, 6) is 0. The minimum absolute atomic E-state index is 0.136. The molecule has 2 fully saturated rings. The van der Waals surface area contributed by atoms with Crippen LogP contribution < -0.4 is 0 Å². The zero-order chi connectivity index (χ0) is 15.0. The SMILES string of the molecule is CN(C)C(=O)N1CC[C@]2(c3ccccc3)CCN(C)[C@@H]2C1. The van der Waals surface area contributed by atoms with Crippen molar-refractivity contribution < 1.29 is 4.79 Å². The summed E-state index contributed by atoms with van der Waals surface area (Å²) in [6.45, 7) is 2.81. The number of amides is 2. The van der Waals surface area contributed by atoms with E-state index in [0.29, 0.717) is 6.04 Å². The highest BCUT2D eigenvalue weighted by atomic mass is 16.2. The van der Waals surface area contributed by atoms with E-state index in [2.05, 4.69) is 42.3 Å². The van der Waals surface area contributed by atoms with Gasteiger partial charge in [-0.3, -0.25) is 0 Å². The largest absolute Gasteiger partial charge is 0.331 e. The van der Waals surface area contributed by atoms with Gasteiger partial charge in [-0.25, -0.2) is 4.79 Å². The lowest BCUT2D eigenvalue weighted by molar-refractivity contribution is 0.0982. The third kappa shape index (κ3) is 2.31. The predicted molar refractivity (Wildman–Crippen MR) is 84.4 cm³/mol. The quantitative estimate of drug-likeness (QED) is 0.790. The topological polar surface area (TPSA) is 26.8 Å². The number of hydrogen-bond donors (Lipinski definition) is 0. The van der Waals surface area contributed by atoms with E-state index >= 15 is 0 Å². The average molecular weight is 287 g/mol. The molecule has 0 spiro atoms. The van der Waals surface area contributed by atoms with E-state index in [0.717, 1.165) is 26.1 Å². The Bertz CT molecular complexity index is 516. The average Bonchev–Trinajstić information content (AvgIpc) is 2.85. The summed E-state index contributed by atoms with van der Waals surface area (Å²) < 4.78 is 0. The van der Waals surface area contributed by atoms with Gasteiger partial charge in [-0.15, -0.1) is 0 Å². The highest BCUT2D eigenvalue weighted by molar-refractivity contribution is 5.74. The molecule has 2 atom stereocenters. The Hall–Kier alpha value is -1.55. The maximum Gasteiger partial charge on any atom is 0.319 e. The van der Waals surface area contributed by atoms with Crippen LogP contribution in [0.25, 0.3) is 0 Å². The molecule has 0 bridgehead atoms. The summed E-state index contributed by atoms with van der Waals surface area (Å²) >= 11 is 0. The second kappa shape index (κ2) is 5.34. The second-order valence-electron chi connectivity index (χ2n) is 6.64. The molecule has 21 heavy (non-hydrogen) atoms. The van der Waals surface area contributed by atoms with Crippen LogP contribution in [0.1, 0.15) is 18.4 Å². The number of nitrogens with zero attached hydrogens (tertiary/aromatic N) is 3. The van der Waals surface area contributed by atoms with Crippen LogP contribution in [0.5, 0.6) is 0 Å². The molecule has 114 valence electrons. The number of rotatable bonds is 1. The Labute approximate surface area is 127 Å². The number of urea groups is 1. The summed E-state index contributed by atoms with van der Waals surface area (Å²) in [6, 6.07) is 11.4. The number of benzene rings is 1. The molecule has 4 nitrogen and oxygen atoms in total. The van der Waals surface area contributed by atoms with Crippen LogP contribution in [0.3, 0.4) is 0 Å². The summed E-state index contributed by atoms with van der Waals surface area (Å²) in [5, 5.41) is 0. The smallest absolute Gasteiger partial charge is 0.319 e. The van der Waals surface area contributed by atoms with Crippen LogP contribution in [0, 0.1) is 0 Å². The standard InChI is InChI=1S/C17H25N3O/c1-18(2)16(21)20-12-10-17(14-7-5-4-6-8-14)9-11-19(3)15(17)13-20/h4-8,15H,9-13H2,1-3H3/t15-,17+/m1/s1. The van der Waals surface area contributed by atoms with Gasteiger partial charge in [0, 0.05) is 38.6 Å². The van der Waals surface area contributed by atoms with Gasteiger partial charge < -0.3 is 14.7 Å². The normalized spacial score (nSPS) is 29.3. The number of hydrogen-bond acceptors (Lipinski definition) is 2. The Morgan fingerprint density at radius 3 is 2.52 bits per heavy atom. The van der Waals surface area contributed by atoms with Gasteiger partial charge in [0.05, 0.1) is 0 Å². The van der Waals surface area contributed by atoms with Gasteiger partial charge >= 0.3 is 6.03 Å². The lowest BCUT2D eigenvalue weighted by Gasteiger charge is -2.46. The highest BCUT2D eigenvalue weighted by Crippen LogP contribution is 2.45. The molecule has 2 saturated heterocycles. The number of fused-ring (bicyclic) bond motifs is 1. The molecule has 0 aromatic heterocycles. The van der Waals surface area contributed by atoms with Crippen LogP contribution in [0.15, 0.2) is 30.3 Å². The van der Waals surface area contributed by atoms with E-state index in [9.17, 15) is 4.79 Å². The number of likely N-dealkylation sites (tertiary alicyclic amines) is 2. The zero-order valence-corrected chi connectivity index (χ0v) is 13.2. The molecule has 0 unspecified atom stereocenters. The Morgan fingerprint density at radius 1 is 1.19 bits per heavy atom. The first-order valence-corrected chi connectivity index (χ1v) is 7.76. The molecule has 0 radical (unpaired) electrons. The summed E-state index contributed by atoms with van der Waals surface area (Å²) in [6.07, 6.45) is 2.26. The molecule has 0 saturated carbocycles. The number of carbonyl (C=O) groups is 1. The molecule has 2 aliphatic heterocycles. The first-order chi connectivity index (χ1) is 10.0. The van der Waals surface area contributed by atoms with Crippen molar-refractivity contribution in [2.75, 3.05) is 40.8 Å². The molecular weight excluding hydrogens is 262 g/mol. The van der Waals surface area contributed by atoms with Gasteiger partial charge in [0.15, 0.2) is 0 Å². The minimum Gasteiger partial charge on any atom is -0.331 e. The zero-order valence-electron chi connectivity index (χ0n) is 13.2.